The number of carbonyl (C=O) groups is 1. The van der Waals surface area contributed by atoms with E-state index in [9.17, 15) is 22.4 Å². The molecule has 0 atom stereocenters. The summed E-state index contributed by atoms with van der Waals surface area (Å²) < 4.78 is 56.7. The Kier molecular flexibility index (Phi) is 4.42. The lowest BCUT2D eigenvalue weighted by atomic mass is 10.3. The van der Waals surface area contributed by atoms with Crippen molar-refractivity contribution < 1.29 is 27.1 Å². The van der Waals surface area contributed by atoms with Crippen molar-refractivity contribution in [2.45, 2.75) is 0 Å². The summed E-state index contributed by atoms with van der Waals surface area (Å²) in [4.78, 5) is 11.5. The van der Waals surface area contributed by atoms with E-state index in [4.69, 9.17) is 4.74 Å². The van der Waals surface area contributed by atoms with E-state index in [1.807, 2.05) is 5.32 Å². The second-order valence-corrected chi connectivity index (χ2v) is 4.01. The van der Waals surface area contributed by atoms with Gasteiger partial charge in [0, 0.05) is 0 Å². The number of hydrogen-bond acceptors (Lipinski definition) is 2. The zero-order chi connectivity index (χ0) is 15.4. The summed E-state index contributed by atoms with van der Waals surface area (Å²) in [7, 11) is 0. The molecule has 0 spiro atoms. The minimum Gasteiger partial charge on any atom is -0.484 e. The number of halogens is 4. The van der Waals surface area contributed by atoms with Gasteiger partial charge in [-0.25, -0.2) is 17.6 Å². The molecule has 0 saturated heterocycles. The standard InChI is InChI=1S/C14H9F4NO2/c15-8-1-3-9(4-2-8)21-7-12(20)19-11-6-5-10(16)13(17)14(11)18/h1-6H,7H2,(H,19,20). The van der Waals surface area contributed by atoms with Crippen LogP contribution in [0.3, 0.4) is 0 Å². The van der Waals surface area contributed by atoms with Gasteiger partial charge < -0.3 is 10.1 Å². The van der Waals surface area contributed by atoms with Crippen LogP contribution in [-0.4, -0.2) is 12.5 Å². The molecule has 0 bridgehead atoms. The van der Waals surface area contributed by atoms with Crippen LogP contribution in [0.15, 0.2) is 36.4 Å². The monoisotopic (exact) mass is 299 g/mol. The second-order valence-electron chi connectivity index (χ2n) is 4.01. The first-order valence-electron chi connectivity index (χ1n) is 5.79. The number of rotatable bonds is 4. The highest BCUT2D eigenvalue weighted by Gasteiger charge is 2.15. The van der Waals surface area contributed by atoms with E-state index in [1.54, 1.807) is 0 Å². The van der Waals surface area contributed by atoms with Gasteiger partial charge in [0.15, 0.2) is 24.1 Å². The fourth-order valence-corrected chi connectivity index (χ4v) is 1.49. The summed E-state index contributed by atoms with van der Waals surface area (Å²) in [5.74, 6) is -5.53. The SMILES string of the molecule is O=C(COc1ccc(F)cc1)Nc1ccc(F)c(F)c1F. The van der Waals surface area contributed by atoms with Crippen molar-refractivity contribution in [3.8, 4) is 5.75 Å². The first kappa shape index (κ1) is 14.8. The van der Waals surface area contributed by atoms with Crippen LogP contribution < -0.4 is 10.1 Å². The zero-order valence-corrected chi connectivity index (χ0v) is 10.5. The molecule has 0 aliphatic rings. The third kappa shape index (κ3) is 3.71. The summed E-state index contributed by atoms with van der Waals surface area (Å²) in [6.45, 7) is -0.496. The highest BCUT2D eigenvalue weighted by molar-refractivity contribution is 5.92. The fourth-order valence-electron chi connectivity index (χ4n) is 1.49. The van der Waals surface area contributed by atoms with Gasteiger partial charge in [-0.15, -0.1) is 0 Å². The van der Waals surface area contributed by atoms with Gasteiger partial charge in [0.25, 0.3) is 5.91 Å². The van der Waals surface area contributed by atoms with Crippen molar-refractivity contribution >= 4 is 11.6 Å². The van der Waals surface area contributed by atoms with Crippen molar-refractivity contribution in [3.05, 3.63) is 59.7 Å². The Balaban J connectivity index is 1.96. The molecule has 0 heterocycles. The predicted octanol–water partition coefficient (Wildman–Crippen LogP) is 3.26. The Morgan fingerprint density at radius 3 is 2.29 bits per heavy atom. The van der Waals surface area contributed by atoms with E-state index in [0.717, 1.165) is 18.2 Å². The number of amides is 1. The smallest absolute Gasteiger partial charge is 0.262 e. The summed E-state index contributed by atoms with van der Waals surface area (Å²) in [5.41, 5.74) is -0.499. The third-order valence-electron chi connectivity index (χ3n) is 2.49. The molecule has 0 fully saturated rings. The highest BCUT2D eigenvalue weighted by Crippen LogP contribution is 2.19. The molecule has 2 aromatic carbocycles. The minimum absolute atomic E-state index is 0.234. The van der Waals surface area contributed by atoms with Crippen LogP contribution in [0.5, 0.6) is 5.75 Å². The van der Waals surface area contributed by atoms with Gasteiger partial charge in [0.2, 0.25) is 0 Å². The summed E-state index contributed by atoms with van der Waals surface area (Å²) in [5, 5.41) is 2.04. The van der Waals surface area contributed by atoms with Crippen molar-refractivity contribution in [3.63, 3.8) is 0 Å². The van der Waals surface area contributed by atoms with Gasteiger partial charge in [-0.2, -0.15) is 0 Å². The van der Waals surface area contributed by atoms with Gasteiger partial charge in [-0.1, -0.05) is 0 Å². The number of carbonyl (C=O) groups excluding carboxylic acids is 1. The molecule has 1 N–H and O–H groups in total. The number of anilines is 1. The average molecular weight is 299 g/mol. The Bertz CT molecular complexity index is 659. The van der Waals surface area contributed by atoms with Crippen LogP contribution in [0, 0.1) is 23.3 Å². The molecule has 110 valence electrons. The summed E-state index contributed by atoms with van der Waals surface area (Å²) >= 11 is 0. The van der Waals surface area contributed by atoms with Crippen LogP contribution >= 0.6 is 0 Å². The van der Waals surface area contributed by atoms with Crippen LogP contribution in [-0.2, 0) is 4.79 Å². The molecule has 1 amide bonds. The van der Waals surface area contributed by atoms with E-state index in [1.165, 1.54) is 12.1 Å². The minimum atomic E-state index is -1.67. The topological polar surface area (TPSA) is 38.3 Å². The molecule has 0 saturated carbocycles. The number of ether oxygens (including phenoxy) is 1. The third-order valence-corrected chi connectivity index (χ3v) is 2.49. The first-order chi connectivity index (χ1) is 9.97. The molecule has 2 aromatic rings. The van der Waals surface area contributed by atoms with Gasteiger partial charge in [0.05, 0.1) is 5.69 Å². The van der Waals surface area contributed by atoms with Crippen LogP contribution in [0.4, 0.5) is 23.2 Å². The molecular formula is C14H9F4NO2. The average Bonchev–Trinajstić information content (AvgIpc) is 2.47. The highest BCUT2D eigenvalue weighted by atomic mass is 19.2. The molecule has 0 aromatic heterocycles. The maximum absolute atomic E-state index is 13.3. The molecule has 21 heavy (non-hydrogen) atoms. The molecule has 7 heteroatoms. The fraction of sp³-hybridized carbons (Fsp3) is 0.0714. The normalized spacial score (nSPS) is 10.3. The van der Waals surface area contributed by atoms with Crippen molar-refractivity contribution in [1.82, 2.24) is 0 Å². The largest absolute Gasteiger partial charge is 0.484 e. The second kappa shape index (κ2) is 6.25. The predicted molar refractivity (Wildman–Crippen MR) is 66.8 cm³/mol. The van der Waals surface area contributed by atoms with Crippen LogP contribution in [0.1, 0.15) is 0 Å². The Morgan fingerprint density at radius 2 is 1.62 bits per heavy atom. The molecule has 0 aliphatic carbocycles. The number of nitrogens with one attached hydrogen (secondary N) is 1. The summed E-state index contributed by atoms with van der Waals surface area (Å²) in [6, 6.07) is 6.48. The quantitative estimate of drug-likeness (QED) is 0.695. The van der Waals surface area contributed by atoms with Crippen molar-refractivity contribution in [1.29, 1.82) is 0 Å². The van der Waals surface area contributed by atoms with E-state index in [0.29, 0.717) is 6.07 Å². The van der Waals surface area contributed by atoms with Crippen LogP contribution in [0.2, 0.25) is 0 Å². The lowest BCUT2D eigenvalue weighted by molar-refractivity contribution is -0.118. The van der Waals surface area contributed by atoms with Gasteiger partial charge >= 0.3 is 0 Å². The molecular weight excluding hydrogens is 290 g/mol. The molecule has 3 nitrogen and oxygen atoms in total. The Hall–Kier alpha value is -2.57. The van der Waals surface area contributed by atoms with Crippen molar-refractivity contribution in [2.24, 2.45) is 0 Å². The van der Waals surface area contributed by atoms with E-state index < -0.39 is 41.5 Å². The Morgan fingerprint density at radius 1 is 0.952 bits per heavy atom. The van der Waals surface area contributed by atoms with E-state index >= 15 is 0 Å². The molecule has 0 aliphatic heterocycles. The lowest BCUT2D eigenvalue weighted by Gasteiger charge is -2.08. The summed E-state index contributed by atoms with van der Waals surface area (Å²) in [6.07, 6.45) is 0. The number of hydrogen-bond donors (Lipinski definition) is 1. The maximum Gasteiger partial charge on any atom is 0.262 e. The zero-order valence-electron chi connectivity index (χ0n) is 10.5. The maximum atomic E-state index is 13.3. The van der Waals surface area contributed by atoms with Gasteiger partial charge in [-0.05, 0) is 36.4 Å². The van der Waals surface area contributed by atoms with Crippen LogP contribution in [0.25, 0.3) is 0 Å². The van der Waals surface area contributed by atoms with Gasteiger partial charge in [-0.3, -0.25) is 4.79 Å². The molecule has 2 rings (SSSR count). The lowest BCUT2D eigenvalue weighted by Crippen LogP contribution is -2.21. The van der Waals surface area contributed by atoms with Crippen molar-refractivity contribution in [2.75, 3.05) is 11.9 Å². The Labute approximate surface area is 117 Å². The van der Waals surface area contributed by atoms with E-state index in [-0.39, 0.29) is 5.75 Å². The number of benzene rings is 2. The molecule has 0 unspecified atom stereocenters. The first-order valence-corrected chi connectivity index (χ1v) is 5.79. The van der Waals surface area contributed by atoms with Gasteiger partial charge in [0.1, 0.15) is 11.6 Å². The molecule has 0 radical (unpaired) electrons. The van der Waals surface area contributed by atoms with E-state index in [2.05, 4.69) is 0 Å².